The monoisotopic (exact) mass is 300 g/mol. The summed E-state index contributed by atoms with van der Waals surface area (Å²) in [5, 5.41) is 8.68. The van der Waals surface area contributed by atoms with E-state index in [9.17, 15) is 0 Å². The van der Waals surface area contributed by atoms with Crippen molar-refractivity contribution in [3.05, 3.63) is 89.7 Å². The van der Waals surface area contributed by atoms with Gasteiger partial charge < -0.3 is 0 Å². The van der Waals surface area contributed by atoms with Crippen molar-refractivity contribution < 1.29 is 0 Å². The van der Waals surface area contributed by atoms with Gasteiger partial charge in [-0.2, -0.15) is 0 Å². The van der Waals surface area contributed by atoms with Gasteiger partial charge in [-0.15, -0.1) is 5.10 Å². The highest BCUT2D eigenvalue weighted by Crippen LogP contribution is 2.18. The highest BCUT2D eigenvalue weighted by atomic mass is 15.4. The second kappa shape index (κ2) is 6.01. The van der Waals surface area contributed by atoms with Gasteiger partial charge in [-0.1, -0.05) is 65.9 Å². The summed E-state index contributed by atoms with van der Waals surface area (Å²) in [7, 11) is 0. The van der Waals surface area contributed by atoms with Crippen molar-refractivity contribution in [2.45, 2.75) is 13.0 Å². The molecule has 0 unspecified atom stereocenters. The molecule has 0 spiro atoms. The summed E-state index contributed by atoms with van der Waals surface area (Å²) in [4.78, 5) is 4.51. The molecule has 0 saturated heterocycles. The van der Waals surface area contributed by atoms with Gasteiger partial charge in [0.1, 0.15) is 5.52 Å². The van der Waals surface area contributed by atoms with Crippen molar-refractivity contribution in [2.75, 3.05) is 0 Å². The van der Waals surface area contributed by atoms with E-state index in [1.807, 2.05) is 53.3 Å². The van der Waals surface area contributed by atoms with Gasteiger partial charge in [-0.3, -0.25) is 4.98 Å². The Morgan fingerprint density at radius 1 is 0.783 bits per heavy atom. The second-order valence-corrected chi connectivity index (χ2v) is 5.52. The molecule has 0 radical (unpaired) electrons. The molecule has 2 aromatic carbocycles. The van der Waals surface area contributed by atoms with Crippen molar-refractivity contribution >= 4 is 11.0 Å². The zero-order chi connectivity index (χ0) is 15.5. The molecule has 0 fully saturated rings. The first-order valence-electron chi connectivity index (χ1n) is 7.65. The standard InChI is InChI=1S/C19H16N4/c1-3-7-15(8-4-1)13-17-19-18(11-12-20-17)23(22-21-19)14-16-9-5-2-6-10-16/h1-12H,13-14H2. The van der Waals surface area contributed by atoms with Crippen molar-refractivity contribution in [3.63, 3.8) is 0 Å². The lowest BCUT2D eigenvalue weighted by molar-refractivity contribution is 0.670. The number of fused-ring (bicyclic) bond motifs is 1. The summed E-state index contributed by atoms with van der Waals surface area (Å²) in [6, 6.07) is 22.6. The van der Waals surface area contributed by atoms with Crippen LogP contribution in [0.1, 0.15) is 16.8 Å². The van der Waals surface area contributed by atoms with E-state index in [0.717, 1.165) is 23.1 Å². The van der Waals surface area contributed by atoms with Crippen LogP contribution in [0, 0.1) is 0 Å². The van der Waals surface area contributed by atoms with E-state index in [4.69, 9.17) is 0 Å². The number of hydrogen-bond donors (Lipinski definition) is 0. The van der Waals surface area contributed by atoms with E-state index in [1.165, 1.54) is 11.1 Å². The molecule has 4 heteroatoms. The van der Waals surface area contributed by atoms with Crippen LogP contribution in [-0.4, -0.2) is 20.0 Å². The number of rotatable bonds is 4. The fourth-order valence-electron chi connectivity index (χ4n) is 2.74. The van der Waals surface area contributed by atoms with E-state index in [1.54, 1.807) is 0 Å². The molecular formula is C19H16N4. The second-order valence-electron chi connectivity index (χ2n) is 5.52. The normalized spacial score (nSPS) is 11.0. The number of nitrogens with zero attached hydrogens (tertiary/aromatic N) is 4. The molecule has 0 saturated carbocycles. The topological polar surface area (TPSA) is 43.6 Å². The maximum Gasteiger partial charge on any atom is 0.135 e. The molecule has 2 aromatic heterocycles. The van der Waals surface area contributed by atoms with Gasteiger partial charge in [0.2, 0.25) is 0 Å². The smallest absolute Gasteiger partial charge is 0.135 e. The number of pyridine rings is 1. The van der Waals surface area contributed by atoms with Crippen molar-refractivity contribution in [1.82, 2.24) is 20.0 Å². The zero-order valence-electron chi connectivity index (χ0n) is 12.6. The number of benzene rings is 2. The molecule has 23 heavy (non-hydrogen) atoms. The van der Waals surface area contributed by atoms with Gasteiger partial charge in [0.05, 0.1) is 17.8 Å². The first-order valence-corrected chi connectivity index (χ1v) is 7.65. The van der Waals surface area contributed by atoms with Gasteiger partial charge in [0, 0.05) is 12.6 Å². The highest BCUT2D eigenvalue weighted by Gasteiger charge is 2.10. The van der Waals surface area contributed by atoms with E-state index in [0.29, 0.717) is 6.54 Å². The summed E-state index contributed by atoms with van der Waals surface area (Å²) in [6.45, 7) is 0.714. The first kappa shape index (κ1) is 13.6. The molecule has 0 N–H and O–H groups in total. The minimum absolute atomic E-state index is 0.714. The van der Waals surface area contributed by atoms with Crippen LogP contribution in [0.2, 0.25) is 0 Å². The van der Waals surface area contributed by atoms with Crippen LogP contribution in [0.4, 0.5) is 0 Å². The summed E-state index contributed by atoms with van der Waals surface area (Å²) >= 11 is 0. The van der Waals surface area contributed by atoms with Gasteiger partial charge in [0.25, 0.3) is 0 Å². The summed E-state index contributed by atoms with van der Waals surface area (Å²) in [5.41, 5.74) is 5.31. The van der Waals surface area contributed by atoms with Crippen LogP contribution in [0.15, 0.2) is 72.9 Å². The Morgan fingerprint density at radius 3 is 2.22 bits per heavy atom. The molecule has 4 rings (SSSR count). The molecule has 0 atom stereocenters. The largest absolute Gasteiger partial charge is 0.258 e. The van der Waals surface area contributed by atoms with Crippen LogP contribution in [0.5, 0.6) is 0 Å². The van der Waals surface area contributed by atoms with E-state index in [-0.39, 0.29) is 0 Å². The molecule has 4 nitrogen and oxygen atoms in total. The Bertz CT molecular complexity index is 914. The molecule has 0 aliphatic heterocycles. The van der Waals surface area contributed by atoms with E-state index >= 15 is 0 Å². The molecule has 0 amide bonds. The predicted octanol–water partition coefficient (Wildman–Crippen LogP) is 3.47. The lowest BCUT2D eigenvalue weighted by atomic mass is 10.1. The fourth-order valence-corrected chi connectivity index (χ4v) is 2.74. The molecule has 0 aliphatic rings. The van der Waals surface area contributed by atoms with Crippen LogP contribution in [0.25, 0.3) is 11.0 Å². The summed E-state index contributed by atoms with van der Waals surface area (Å²) in [5.74, 6) is 0. The van der Waals surface area contributed by atoms with Gasteiger partial charge in [0.15, 0.2) is 0 Å². The molecule has 0 aliphatic carbocycles. The van der Waals surface area contributed by atoms with Crippen LogP contribution in [0.3, 0.4) is 0 Å². The first-order chi connectivity index (χ1) is 11.4. The molecular weight excluding hydrogens is 284 g/mol. The fraction of sp³-hybridized carbons (Fsp3) is 0.105. The molecule has 0 bridgehead atoms. The zero-order valence-corrected chi connectivity index (χ0v) is 12.6. The van der Waals surface area contributed by atoms with Gasteiger partial charge >= 0.3 is 0 Å². The predicted molar refractivity (Wildman–Crippen MR) is 90.1 cm³/mol. The highest BCUT2D eigenvalue weighted by molar-refractivity contribution is 5.76. The Balaban J connectivity index is 1.69. The van der Waals surface area contributed by atoms with Crippen molar-refractivity contribution in [1.29, 1.82) is 0 Å². The third kappa shape index (κ3) is 2.83. The van der Waals surface area contributed by atoms with Crippen molar-refractivity contribution in [3.8, 4) is 0 Å². The Kier molecular flexibility index (Phi) is 3.56. The lowest BCUT2D eigenvalue weighted by Crippen LogP contribution is -2.01. The molecule has 4 aromatic rings. The van der Waals surface area contributed by atoms with Crippen LogP contribution < -0.4 is 0 Å². The van der Waals surface area contributed by atoms with Gasteiger partial charge in [-0.25, -0.2) is 4.68 Å². The maximum atomic E-state index is 4.51. The van der Waals surface area contributed by atoms with E-state index < -0.39 is 0 Å². The summed E-state index contributed by atoms with van der Waals surface area (Å²) in [6.07, 6.45) is 2.60. The van der Waals surface area contributed by atoms with Gasteiger partial charge in [-0.05, 0) is 17.2 Å². The Morgan fingerprint density at radius 2 is 1.48 bits per heavy atom. The average molecular weight is 300 g/mol. The number of aromatic nitrogens is 4. The average Bonchev–Trinajstić information content (AvgIpc) is 3.01. The van der Waals surface area contributed by atoms with Crippen molar-refractivity contribution in [2.24, 2.45) is 0 Å². The lowest BCUT2D eigenvalue weighted by Gasteiger charge is -2.04. The Labute approximate surface area is 134 Å². The molecule has 112 valence electrons. The maximum absolute atomic E-state index is 4.51. The number of hydrogen-bond acceptors (Lipinski definition) is 3. The SMILES string of the molecule is c1ccc(Cc2nccc3c2nnn3Cc2ccccc2)cc1. The van der Waals surface area contributed by atoms with Crippen LogP contribution in [-0.2, 0) is 13.0 Å². The molecule has 2 heterocycles. The van der Waals surface area contributed by atoms with Crippen LogP contribution >= 0.6 is 0 Å². The Hall–Kier alpha value is -3.01. The minimum atomic E-state index is 0.714. The minimum Gasteiger partial charge on any atom is -0.258 e. The van der Waals surface area contributed by atoms with E-state index in [2.05, 4.69) is 39.6 Å². The third-order valence-electron chi connectivity index (χ3n) is 3.90. The summed E-state index contributed by atoms with van der Waals surface area (Å²) < 4.78 is 1.93. The third-order valence-corrected chi connectivity index (χ3v) is 3.90. The quantitative estimate of drug-likeness (QED) is 0.579.